The van der Waals surface area contributed by atoms with Crippen LogP contribution in [0.4, 0.5) is 0 Å². The van der Waals surface area contributed by atoms with Crippen molar-refractivity contribution in [1.29, 1.82) is 0 Å². The summed E-state index contributed by atoms with van der Waals surface area (Å²) in [5.74, 6) is 1.19. The van der Waals surface area contributed by atoms with Crippen LogP contribution < -0.4 is 5.32 Å². The summed E-state index contributed by atoms with van der Waals surface area (Å²) < 4.78 is 8.29. The van der Waals surface area contributed by atoms with Gasteiger partial charge in [0.1, 0.15) is 11.4 Å². The van der Waals surface area contributed by atoms with E-state index >= 15 is 0 Å². The maximum atomic E-state index is 13.4. The molecule has 3 heterocycles. The highest BCUT2D eigenvalue weighted by Gasteiger charge is 2.44. The fourth-order valence-corrected chi connectivity index (χ4v) is 7.49. The third-order valence-electron chi connectivity index (χ3n) is 9.40. The van der Waals surface area contributed by atoms with Crippen LogP contribution in [0, 0.1) is 6.92 Å². The van der Waals surface area contributed by atoms with Gasteiger partial charge in [-0.2, -0.15) is 0 Å². The lowest BCUT2D eigenvalue weighted by Crippen LogP contribution is -2.49. The SMILES string of the molecule is COC1(C(=O)N[C@@H](CCN2C3CCC2CC(n2c(C)nc4ccccc42)C3)c2ccccc2)CCCC1. The Bertz CT molecular complexity index is 1220. The van der Waals surface area contributed by atoms with Gasteiger partial charge < -0.3 is 14.6 Å². The predicted molar refractivity (Wildman–Crippen MR) is 146 cm³/mol. The molecule has 3 atom stereocenters. The summed E-state index contributed by atoms with van der Waals surface area (Å²) in [6, 6.07) is 20.7. The minimum absolute atomic E-state index is 0.00159. The molecule has 2 aromatic carbocycles. The summed E-state index contributed by atoms with van der Waals surface area (Å²) in [4.78, 5) is 21.0. The average Bonchev–Trinajstić information content (AvgIpc) is 3.60. The van der Waals surface area contributed by atoms with Crippen molar-refractivity contribution in [3.63, 3.8) is 0 Å². The van der Waals surface area contributed by atoms with Gasteiger partial charge in [-0.1, -0.05) is 42.5 Å². The number of amides is 1. The predicted octanol–water partition coefficient (Wildman–Crippen LogP) is 5.72. The number of nitrogens with zero attached hydrogens (tertiary/aromatic N) is 3. The lowest BCUT2D eigenvalue weighted by atomic mass is 9.94. The van der Waals surface area contributed by atoms with E-state index in [1.165, 1.54) is 36.8 Å². The third kappa shape index (κ3) is 4.59. The average molecular weight is 501 g/mol. The number of methoxy groups -OCH3 is 1. The maximum Gasteiger partial charge on any atom is 0.252 e. The van der Waals surface area contributed by atoms with Gasteiger partial charge in [0, 0.05) is 31.8 Å². The molecule has 1 aliphatic carbocycles. The monoisotopic (exact) mass is 500 g/mol. The van der Waals surface area contributed by atoms with Crippen molar-refractivity contribution in [2.24, 2.45) is 0 Å². The van der Waals surface area contributed by atoms with Crippen molar-refractivity contribution in [1.82, 2.24) is 19.8 Å². The Kier molecular flexibility index (Phi) is 6.80. The number of hydrogen-bond donors (Lipinski definition) is 1. The Hall–Kier alpha value is -2.70. The van der Waals surface area contributed by atoms with E-state index in [4.69, 9.17) is 9.72 Å². The number of benzene rings is 2. The van der Waals surface area contributed by atoms with Crippen LogP contribution >= 0.6 is 0 Å². The minimum Gasteiger partial charge on any atom is -0.368 e. The molecule has 6 heteroatoms. The molecule has 0 spiro atoms. The van der Waals surface area contributed by atoms with Crippen molar-refractivity contribution < 1.29 is 9.53 Å². The van der Waals surface area contributed by atoms with Gasteiger partial charge in [-0.05, 0) is 82.4 Å². The van der Waals surface area contributed by atoms with E-state index in [-0.39, 0.29) is 11.9 Å². The zero-order valence-electron chi connectivity index (χ0n) is 22.2. The first-order valence-electron chi connectivity index (χ1n) is 14.2. The topological polar surface area (TPSA) is 59.4 Å². The van der Waals surface area contributed by atoms with Crippen LogP contribution in [0.25, 0.3) is 11.0 Å². The van der Waals surface area contributed by atoms with Gasteiger partial charge >= 0.3 is 0 Å². The number of fused-ring (bicyclic) bond motifs is 3. The van der Waals surface area contributed by atoms with Gasteiger partial charge in [-0.3, -0.25) is 9.69 Å². The summed E-state index contributed by atoms with van der Waals surface area (Å²) in [6.07, 6.45) is 9.54. The van der Waals surface area contributed by atoms with Crippen LogP contribution in [0.1, 0.15) is 81.3 Å². The number of nitrogens with one attached hydrogen (secondary N) is 1. The lowest BCUT2D eigenvalue weighted by molar-refractivity contribution is -0.143. The van der Waals surface area contributed by atoms with E-state index < -0.39 is 5.60 Å². The molecule has 3 fully saturated rings. The molecule has 3 aromatic rings. The fraction of sp³-hybridized carbons (Fsp3) is 0.548. The molecule has 2 aliphatic heterocycles. The Labute approximate surface area is 220 Å². The summed E-state index contributed by atoms with van der Waals surface area (Å²) in [5, 5.41) is 3.41. The highest BCUT2D eigenvalue weighted by atomic mass is 16.5. The summed E-state index contributed by atoms with van der Waals surface area (Å²) in [5.41, 5.74) is 2.90. The number of aryl methyl sites for hydroxylation is 1. The zero-order valence-corrected chi connectivity index (χ0v) is 22.2. The van der Waals surface area contributed by atoms with Gasteiger partial charge in [-0.25, -0.2) is 4.98 Å². The molecule has 196 valence electrons. The number of rotatable bonds is 8. The van der Waals surface area contributed by atoms with Gasteiger partial charge in [0.05, 0.1) is 17.1 Å². The second kappa shape index (κ2) is 10.2. The molecular formula is C31H40N4O2. The van der Waals surface area contributed by atoms with Crippen LogP contribution in [-0.2, 0) is 9.53 Å². The molecular weight excluding hydrogens is 460 g/mol. The molecule has 37 heavy (non-hydrogen) atoms. The van der Waals surface area contributed by atoms with Crippen LogP contribution in [-0.4, -0.2) is 51.7 Å². The molecule has 1 N–H and O–H groups in total. The highest BCUT2D eigenvalue weighted by molar-refractivity contribution is 5.86. The van der Waals surface area contributed by atoms with Crippen LogP contribution in [0.5, 0.6) is 0 Å². The van der Waals surface area contributed by atoms with Gasteiger partial charge in [0.25, 0.3) is 5.91 Å². The van der Waals surface area contributed by atoms with E-state index in [2.05, 4.69) is 70.2 Å². The summed E-state index contributed by atoms with van der Waals surface area (Å²) >= 11 is 0. The van der Waals surface area contributed by atoms with Gasteiger partial charge in [0.15, 0.2) is 0 Å². The van der Waals surface area contributed by atoms with Crippen LogP contribution in [0.3, 0.4) is 0 Å². The van der Waals surface area contributed by atoms with Crippen molar-refractivity contribution in [3.05, 3.63) is 66.0 Å². The Morgan fingerprint density at radius 1 is 1.03 bits per heavy atom. The lowest BCUT2D eigenvalue weighted by Gasteiger charge is -2.40. The molecule has 6 nitrogen and oxygen atoms in total. The van der Waals surface area contributed by atoms with Crippen molar-refractivity contribution in [2.45, 2.75) is 94.5 Å². The minimum atomic E-state index is -0.657. The number of hydrogen-bond acceptors (Lipinski definition) is 4. The summed E-state index contributed by atoms with van der Waals surface area (Å²) in [7, 11) is 1.69. The maximum absolute atomic E-state index is 13.4. The first-order valence-corrected chi connectivity index (χ1v) is 14.2. The molecule has 6 rings (SSSR count). The van der Waals surface area contributed by atoms with E-state index in [0.29, 0.717) is 18.1 Å². The first-order chi connectivity index (χ1) is 18.1. The number of aromatic nitrogens is 2. The van der Waals surface area contributed by atoms with Crippen LogP contribution in [0.15, 0.2) is 54.6 Å². The van der Waals surface area contributed by atoms with E-state index in [1.807, 2.05) is 6.07 Å². The van der Waals surface area contributed by atoms with E-state index in [1.54, 1.807) is 7.11 Å². The Balaban J connectivity index is 1.16. The smallest absolute Gasteiger partial charge is 0.252 e. The number of para-hydroxylation sites is 2. The van der Waals surface area contributed by atoms with Crippen molar-refractivity contribution in [3.8, 4) is 0 Å². The highest BCUT2D eigenvalue weighted by Crippen LogP contribution is 2.43. The number of imidazole rings is 1. The molecule has 1 amide bonds. The van der Waals surface area contributed by atoms with E-state index in [9.17, 15) is 4.79 Å². The van der Waals surface area contributed by atoms with Crippen molar-refractivity contribution >= 4 is 16.9 Å². The second-order valence-corrected chi connectivity index (χ2v) is 11.4. The molecule has 3 aliphatic rings. The largest absolute Gasteiger partial charge is 0.368 e. The molecule has 2 bridgehead atoms. The second-order valence-electron chi connectivity index (χ2n) is 11.4. The molecule has 2 unspecified atom stereocenters. The van der Waals surface area contributed by atoms with Gasteiger partial charge in [0.2, 0.25) is 0 Å². The Morgan fingerprint density at radius 3 is 2.41 bits per heavy atom. The summed E-state index contributed by atoms with van der Waals surface area (Å²) in [6.45, 7) is 3.16. The standard InChI is InChI=1S/C31H40N4O2/c1-22-32-28-12-6-7-13-29(28)35(22)26-20-24-14-15-25(21-26)34(24)19-16-27(23-10-4-3-5-11-23)33-30(36)31(37-2)17-8-9-18-31/h3-7,10-13,24-27H,8-9,14-21H2,1-2H3,(H,33,36)/t24?,25?,26?,27-/m0/s1. The number of ether oxygens (including phenoxy) is 1. The number of carbonyl (C=O) groups excluding carboxylic acids is 1. The first kappa shape index (κ1) is 24.6. The Morgan fingerprint density at radius 2 is 1.70 bits per heavy atom. The third-order valence-corrected chi connectivity index (χ3v) is 9.40. The fourth-order valence-electron chi connectivity index (χ4n) is 7.49. The molecule has 0 radical (unpaired) electrons. The van der Waals surface area contributed by atoms with E-state index in [0.717, 1.165) is 50.0 Å². The zero-order chi connectivity index (χ0) is 25.4. The quantitative estimate of drug-likeness (QED) is 0.430. The number of carbonyl (C=O) groups is 1. The normalized spacial score (nSPS) is 25.9. The molecule has 2 saturated heterocycles. The van der Waals surface area contributed by atoms with Crippen molar-refractivity contribution in [2.75, 3.05) is 13.7 Å². The van der Waals surface area contributed by atoms with Gasteiger partial charge in [-0.15, -0.1) is 0 Å². The molecule has 1 saturated carbocycles. The van der Waals surface area contributed by atoms with Crippen LogP contribution in [0.2, 0.25) is 0 Å². The molecule has 1 aromatic heterocycles. The number of piperidine rings is 1.